The van der Waals surface area contributed by atoms with E-state index in [0.29, 0.717) is 0 Å². The molecule has 1 unspecified atom stereocenters. The van der Waals surface area contributed by atoms with Crippen LogP contribution < -0.4 is 5.32 Å². The summed E-state index contributed by atoms with van der Waals surface area (Å²) in [6.45, 7) is 8.32. The van der Waals surface area contributed by atoms with Gasteiger partial charge in [-0.15, -0.1) is 0 Å². The summed E-state index contributed by atoms with van der Waals surface area (Å²) in [5, 5.41) is 3.33. The minimum atomic E-state index is -0.847. The highest BCUT2D eigenvalue weighted by Crippen LogP contribution is 2.13. The van der Waals surface area contributed by atoms with Gasteiger partial charge in [0.25, 0.3) is 0 Å². The average molecular weight is 253 g/mol. The van der Waals surface area contributed by atoms with Crippen LogP contribution in [-0.4, -0.2) is 23.1 Å². The Bertz CT molecular complexity index is 376. The molecule has 0 heterocycles. The van der Waals surface area contributed by atoms with Crippen molar-refractivity contribution in [3.63, 3.8) is 0 Å². The Morgan fingerprint density at radius 2 is 1.94 bits per heavy atom. The van der Waals surface area contributed by atoms with E-state index in [1.54, 1.807) is 0 Å². The third kappa shape index (κ3) is 5.00. The van der Waals surface area contributed by atoms with E-state index in [1.165, 1.54) is 11.1 Å². The molecule has 0 aromatic heterocycles. The summed E-state index contributed by atoms with van der Waals surface area (Å²) >= 11 is 0. The Hall–Kier alpha value is -0.670. The molecule has 96 valence electrons. The molecule has 1 aromatic carbocycles. The quantitative estimate of drug-likeness (QED) is 0.757. The summed E-state index contributed by atoms with van der Waals surface area (Å²) in [5.74, 6) is 0.749. The Morgan fingerprint density at radius 1 is 1.18 bits per heavy atom. The second-order valence-electron chi connectivity index (χ2n) is 4.40. The molecule has 0 saturated heterocycles. The molecule has 3 heteroatoms. The summed E-state index contributed by atoms with van der Waals surface area (Å²) in [4.78, 5) is 0.962. The van der Waals surface area contributed by atoms with Crippen molar-refractivity contribution in [2.75, 3.05) is 18.8 Å². The lowest BCUT2D eigenvalue weighted by molar-refractivity contribution is 0.652. The minimum Gasteiger partial charge on any atom is -0.317 e. The topological polar surface area (TPSA) is 29.1 Å². The zero-order chi connectivity index (χ0) is 12.7. The zero-order valence-electron chi connectivity index (χ0n) is 11.1. The van der Waals surface area contributed by atoms with Gasteiger partial charge in [-0.05, 0) is 63.0 Å². The lowest BCUT2D eigenvalue weighted by atomic mass is 10.1. The molecule has 17 heavy (non-hydrogen) atoms. The Morgan fingerprint density at radius 3 is 2.59 bits per heavy atom. The van der Waals surface area contributed by atoms with Crippen LogP contribution in [0.25, 0.3) is 0 Å². The predicted molar refractivity (Wildman–Crippen MR) is 75.0 cm³/mol. The highest BCUT2D eigenvalue weighted by Gasteiger charge is 2.04. The zero-order valence-corrected chi connectivity index (χ0v) is 11.9. The van der Waals surface area contributed by atoms with Gasteiger partial charge < -0.3 is 5.32 Å². The highest BCUT2D eigenvalue weighted by molar-refractivity contribution is 7.85. The molecule has 1 atom stereocenters. The Balaban J connectivity index is 2.39. The van der Waals surface area contributed by atoms with Crippen LogP contribution in [0, 0.1) is 13.8 Å². The largest absolute Gasteiger partial charge is 0.317 e. The average Bonchev–Trinajstić information content (AvgIpc) is 2.32. The molecular weight excluding hydrogens is 230 g/mol. The summed E-state index contributed by atoms with van der Waals surface area (Å²) in [5.41, 5.74) is 2.48. The van der Waals surface area contributed by atoms with Crippen LogP contribution >= 0.6 is 0 Å². The third-order valence-electron chi connectivity index (χ3n) is 2.85. The van der Waals surface area contributed by atoms with Crippen molar-refractivity contribution in [2.45, 2.75) is 38.5 Å². The molecule has 1 aromatic rings. The van der Waals surface area contributed by atoms with E-state index in [-0.39, 0.29) is 0 Å². The van der Waals surface area contributed by atoms with Crippen LogP contribution in [0.1, 0.15) is 30.9 Å². The van der Waals surface area contributed by atoms with Gasteiger partial charge in [-0.1, -0.05) is 13.0 Å². The normalized spacial score (nSPS) is 12.6. The van der Waals surface area contributed by atoms with Crippen LogP contribution in [-0.2, 0) is 10.8 Å². The van der Waals surface area contributed by atoms with E-state index in [1.807, 2.05) is 12.1 Å². The molecule has 0 spiro atoms. The van der Waals surface area contributed by atoms with E-state index in [0.717, 1.165) is 36.6 Å². The van der Waals surface area contributed by atoms with E-state index in [9.17, 15) is 4.21 Å². The molecular formula is C14H23NOS. The van der Waals surface area contributed by atoms with Crippen molar-refractivity contribution < 1.29 is 4.21 Å². The molecule has 0 aliphatic heterocycles. The van der Waals surface area contributed by atoms with Crippen LogP contribution in [0.4, 0.5) is 0 Å². The summed E-state index contributed by atoms with van der Waals surface area (Å²) in [6, 6.07) is 6.08. The Kier molecular flexibility index (Phi) is 6.45. The van der Waals surface area contributed by atoms with Gasteiger partial charge >= 0.3 is 0 Å². The minimum absolute atomic E-state index is 0.749. The maximum Gasteiger partial charge on any atom is 0.0530 e. The second-order valence-corrected chi connectivity index (χ2v) is 5.97. The third-order valence-corrected chi connectivity index (χ3v) is 4.29. The predicted octanol–water partition coefficient (Wildman–Crippen LogP) is 2.80. The van der Waals surface area contributed by atoms with E-state index in [2.05, 4.69) is 32.2 Å². The number of aryl methyl sites for hydroxylation is 2. The molecule has 2 nitrogen and oxygen atoms in total. The fourth-order valence-electron chi connectivity index (χ4n) is 1.60. The lowest BCUT2D eigenvalue weighted by Gasteiger charge is -2.06. The monoisotopic (exact) mass is 253 g/mol. The molecule has 0 aliphatic rings. The fraction of sp³-hybridized carbons (Fsp3) is 0.571. The van der Waals surface area contributed by atoms with Gasteiger partial charge in [0.2, 0.25) is 0 Å². The number of rotatable bonds is 7. The summed E-state index contributed by atoms with van der Waals surface area (Å²) in [7, 11) is -0.847. The number of nitrogens with one attached hydrogen (secondary N) is 1. The van der Waals surface area contributed by atoms with Crippen LogP contribution in [0.15, 0.2) is 23.1 Å². The first kappa shape index (κ1) is 14.4. The van der Waals surface area contributed by atoms with Gasteiger partial charge in [0.1, 0.15) is 0 Å². The highest BCUT2D eigenvalue weighted by atomic mass is 32.2. The van der Waals surface area contributed by atoms with Gasteiger partial charge in [-0.2, -0.15) is 0 Å². The molecule has 0 aliphatic carbocycles. The van der Waals surface area contributed by atoms with Gasteiger partial charge in [0.05, 0.1) is 10.8 Å². The molecule has 1 rings (SSSR count). The molecule has 0 saturated carbocycles. The van der Waals surface area contributed by atoms with Crippen molar-refractivity contribution in [1.29, 1.82) is 0 Å². The second kappa shape index (κ2) is 7.62. The molecule has 0 bridgehead atoms. The molecule has 0 radical (unpaired) electrons. The van der Waals surface area contributed by atoms with Crippen molar-refractivity contribution in [2.24, 2.45) is 0 Å². The van der Waals surface area contributed by atoms with Gasteiger partial charge in [-0.3, -0.25) is 4.21 Å². The van der Waals surface area contributed by atoms with Crippen LogP contribution in [0.5, 0.6) is 0 Å². The maximum absolute atomic E-state index is 12.0. The number of benzene rings is 1. The van der Waals surface area contributed by atoms with Gasteiger partial charge in [0, 0.05) is 10.6 Å². The van der Waals surface area contributed by atoms with Crippen LogP contribution in [0.3, 0.4) is 0 Å². The van der Waals surface area contributed by atoms with Crippen molar-refractivity contribution >= 4 is 10.8 Å². The van der Waals surface area contributed by atoms with E-state index >= 15 is 0 Å². The Labute approximate surface area is 107 Å². The lowest BCUT2D eigenvalue weighted by Crippen LogP contribution is -2.17. The maximum atomic E-state index is 12.0. The molecule has 0 fully saturated rings. The molecule has 1 N–H and O–H groups in total. The van der Waals surface area contributed by atoms with Gasteiger partial charge in [-0.25, -0.2) is 0 Å². The van der Waals surface area contributed by atoms with E-state index < -0.39 is 10.8 Å². The van der Waals surface area contributed by atoms with E-state index in [4.69, 9.17) is 0 Å². The van der Waals surface area contributed by atoms with Crippen molar-refractivity contribution in [3.05, 3.63) is 29.3 Å². The first-order valence-electron chi connectivity index (χ1n) is 6.31. The van der Waals surface area contributed by atoms with Crippen LogP contribution in [0.2, 0.25) is 0 Å². The smallest absolute Gasteiger partial charge is 0.0530 e. The van der Waals surface area contributed by atoms with Gasteiger partial charge in [0.15, 0.2) is 0 Å². The SMILES string of the molecule is CCCNCCCS(=O)c1ccc(C)c(C)c1. The summed E-state index contributed by atoms with van der Waals surface area (Å²) in [6.07, 6.45) is 2.12. The van der Waals surface area contributed by atoms with Crippen molar-refractivity contribution in [1.82, 2.24) is 5.32 Å². The first-order chi connectivity index (χ1) is 8.15. The standard InChI is InChI=1S/C14H23NOS/c1-4-8-15-9-5-10-17(16)14-7-6-12(2)13(3)11-14/h6-7,11,15H,4-5,8-10H2,1-3H3. The fourth-order valence-corrected chi connectivity index (χ4v) is 2.77. The first-order valence-corrected chi connectivity index (χ1v) is 7.63. The summed E-state index contributed by atoms with van der Waals surface area (Å²) < 4.78 is 12.0. The number of hydrogen-bond donors (Lipinski definition) is 1. The van der Waals surface area contributed by atoms with Crippen molar-refractivity contribution in [3.8, 4) is 0 Å². The number of hydrogen-bond acceptors (Lipinski definition) is 2. The molecule has 0 amide bonds.